The average Bonchev–Trinajstić information content (AvgIpc) is 2.06. The van der Waals surface area contributed by atoms with E-state index in [0.29, 0.717) is 10.0 Å². The molecule has 0 amide bonds. The van der Waals surface area contributed by atoms with E-state index < -0.39 is 10.4 Å². The summed E-state index contributed by atoms with van der Waals surface area (Å²) in [5.74, 6) is 0. The lowest BCUT2D eigenvalue weighted by atomic mass is 10.3. The van der Waals surface area contributed by atoms with E-state index in [4.69, 9.17) is 46.1 Å². The van der Waals surface area contributed by atoms with Crippen molar-refractivity contribution in [3.63, 3.8) is 0 Å². The third-order valence-electron chi connectivity index (χ3n) is 1.02. The molecule has 0 aliphatic carbocycles. The zero-order chi connectivity index (χ0) is 12.1. The van der Waals surface area contributed by atoms with Crippen LogP contribution in [0, 0.1) is 5.39 Å². The molecule has 0 aliphatic heterocycles. The van der Waals surface area contributed by atoms with Gasteiger partial charge >= 0.3 is 5.69 Å². The fraction of sp³-hybridized carbons (Fsp3) is 0. The zero-order valence-electron chi connectivity index (χ0n) is 6.96. The lowest BCUT2D eigenvalue weighted by molar-refractivity contribution is 0.366. The van der Waals surface area contributed by atoms with Crippen LogP contribution >= 0.6 is 23.2 Å². The van der Waals surface area contributed by atoms with E-state index in [-0.39, 0.29) is 5.69 Å². The van der Waals surface area contributed by atoms with Crippen molar-refractivity contribution in [1.82, 2.24) is 0 Å². The van der Waals surface area contributed by atoms with Crippen LogP contribution in [-0.4, -0.2) is 17.5 Å². The number of halogens is 2. The number of benzene rings is 1. The summed E-state index contributed by atoms with van der Waals surface area (Å²) >= 11 is 11.1. The molecule has 15 heavy (non-hydrogen) atoms. The third kappa shape index (κ3) is 8.11. The summed E-state index contributed by atoms with van der Waals surface area (Å²) in [4.78, 5) is 2.91. The van der Waals surface area contributed by atoms with Gasteiger partial charge < -0.3 is 4.55 Å². The number of rotatable bonds is 0. The maximum Gasteiger partial charge on any atom is 0.404 e. The van der Waals surface area contributed by atoms with Gasteiger partial charge in [-0.25, -0.2) is 8.42 Å². The van der Waals surface area contributed by atoms with E-state index in [2.05, 4.69) is 4.98 Å². The highest BCUT2D eigenvalue weighted by Crippen LogP contribution is 2.27. The highest BCUT2D eigenvalue weighted by Gasteiger charge is 2.10. The molecule has 0 radical (unpaired) electrons. The molecule has 0 heterocycles. The van der Waals surface area contributed by atoms with Crippen LogP contribution in [0.5, 0.6) is 0 Å². The SMILES string of the molecule is N#[N+]c1cc(Cl)ccc1Cl.O=S(=O)([O-])O. The molecule has 0 fully saturated rings. The predicted octanol–water partition coefficient (Wildman–Crippen LogP) is 2.48. The zero-order valence-corrected chi connectivity index (χ0v) is 9.29. The molecular formula is C6H4Cl2N2O4S. The van der Waals surface area contributed by atoms with Crippen LogP contribution in [0.15, 0.2) is 18.2 Å². The van der Waals surface area contributed by atoms with Crippen molar-refractivity contribution in [2.75, 3.05) is 0 Å². The van der Waals surface area contributed by atoms with Gasteiger partial charge in [0.25, 0.3) is 0 Å². The summed E-state index contributed by atoms with van der Waals surface area (Å²) in [6.45, 7) is 0. The Balaban J connectivity index is 0.000000336. The average molecular weight is 271 g/mol. The van der Waals surface area contributed by atoms with Gasteiger partial charge in [-0.1, -0.05) is 23.2 Å². The molecule has 1 rings (SSSR count). The second kappa shape index (κ2) is 5.85. The summed E-state index contributed by atoms with van der Waals surface area (Å²) in [5.41, 5.74) is 0.286. The molecule has 0 bridgehead atoms. The minimum Gasteiger partial charge on any atom is -0.726 e. The monoisotopic (exact) mass is 270 g/mol. The van der Waals surface area contributed by atoms with Crippen LogP contribution in [0.4, 0.5) is 5.69 Å². The Hall–Kier alpha value is -0.910. The smallest absolute Gasteiger partial charge is 0.404 e. The number of diazo groups is 1. The summed E-state index contributed by atoms with van der Waals surface area (Å²) in [7, 11) is -4.92. The lowest BCUT2D eigenvalue weighted by Crippen LogP contribution is -1.90. The molecule has 82 valence electrons. The predicted molar refractivity (Wildman–Crippen MR) is 53.5 cm³/mol. The maximum absolute atomic E-state index is 8.63. The van der Waals surface area contributed by atoms with Crippen LogP contribution in [0.1, 0.15) is 0 Å². The summed E-state index contributed by atoms with van der Waals surface area (Å²) in [5, 5.41) is 9.20. The van der Waals surface area contributed by atoms with Crippen molar-refractivity contribution in [1.29, 1.82) is 5.39 Å². The van der Waals surface area contributed by atoms with E-state index in [9.17, 15) is 0 Å². The summed E-state index contributed by atoms with van der Waals surface area (Å²) in [6.07, 6.45) is 0. The van der Waals surface area contributed by atoms with Gasteiger partial charge in [0.1, 0.15) is 5.02 Å². The summed E-state index contributed by atoms with van der Waals surface area (Å²) < 4.78 is 32.8. The Bertz CT molecular complexity index is 474. The first-order valence-corrected chi connectivity index (χ1v) is 5.34. The Labute approximate surface area is 95.6 Å². The molecule has 1 N–H and O–H groups in total. The number of hydrogen-bond donors (Lipinski definition) is 1. The number of hydrogen-bond acceptors (Lipinski definition) is 4. The largest absolute Gasteiger partial charge is 0.726 e. The Kier molecular flexibility index (Phi) is 5.49. The summed E-state index contributed by atoms with van der Waals surface area (Å²) in [6, 6.07) is 4.67. The fourth-order valence-corrected chi connectivity index (χ4v) is 0.884. The van der Waals surface area contributed by atoms with Gasteiger partial charge in [-0.05, 0) is 12.1 Å². The molecule has 1 aromatic rings. The van der Waals surface area contributed by atoms with Crippen molar-refractivity contribution < 1.29 is 17.5 Å². The van der Waals surface area contributed by atoms with Gasteiger partial charge in [-0.15, -0.1) is 0 Å². The quantitative estimate of drug-likeness (QED) is 0.443. The Morgan fingerprint density at radius 2 is 1.87 bits per heavy atom. The van der Waals surface area contributed by atoms with E-state index in [1.54, 1.807) is 12.1 Å². The first-order valence-electron chi connectivity index (χ1n) is 3.22. The van der Waals surface area contributed by atoms with Crippen LogP contribution in [0.2, 0.25) is 10.0 Å². The van der Waals surface area contributed by atoms with Crippen LogP contribution < -0.4 is 0 Å². The minimum absolute atomic E-state index is 0.286. The van der Waals surface area contributed by atoms with Gasteiger partial charge in [-0.3, -0.25) is 4.55 Å². The molecule has 9 heteroatoms. The fourth-order valence-electron chi connectivity index (χ4n) is 0.562. The molecule has 0 aromatic heterocycles. The van der Waals surface area contributed by atoms with Gasteiger partial charge in [0.05, 0.1) is 6.07 Å². The standard InChI is InChI=1S/C6H3Cl2N2.H2O4S/c7-4-1-2-5(8)6(3-4)10-9;1-5(2,3)4/h1-3H;(H2,1,2,3,4)/q+1;/p-1. The molecule has 0 saturated heterocycles. The van der Waals surface area contributed by atoms with E-state index >= 15 is 0 Å². The third-order valence-corrected chi connectivity index (χ3v) is 1.57. The minimum atomic E-state index is -4.92. The maximum atomic E-state index is 8.63. The molecule has 6 nitrogen and oxygen atoms in total. The van der Waals surface area contributed by atoms with Crippen molar-refractivity contribution in [3.05, 3.63) is 33.2 Å². The van der Waals surface area contributed by atoms with E-state index in [0.717, 1.165) is 0 Å². The Morgan fingerprint density at radius 3 is 2.20 bits per heavy atom. The van der Waals surface area contributed by atoms with Gasteiger partial charge in [-0.2, -0.15) is 0 Å². The van der Waals surface area contributed by atoms with E-state index in [1.165, 1.54) is 6.07 Å². The molecule has 0 saturated carbocycles. The molecule has 1 aromatic carbocycles. The van der Waals surface area contributed by atoms with E-state index in [1.807, 2.05) is 0 Å². The van der Waals surface area contributed by atoms with Crippen molar-refractivity contribution in [3.8, 4) is 0 Å². The van der Waals surface area contributed by atoms with Crippen LogP contribution in [-0.2, 0) is 10.4 Å². The highest BCUT2D eigenvalue weighted by atomic mass is 35.5. The van der Waals surface area contributed by atoms with Gasteiger partial charge in [0.2, 0.25) is 15.8 Å². The van der Waals surface area contributed by atoms with Gasteiger partial charge in [0, 0.05) is 5.02 Å². The topological polar surface area (TPSA) is 106 Å². The molecule has 0 unspecified atom stereocenters. The Morgan fingerprint density at radius 1 is 1.40 bits per heavy atom. The van der Waals surface area contributed by atoms with Crippen molar-refractivity contribution in [2.24, 2.45) is 0 Å². The van der Waals surface area contributed by atoms with Crippen LogP contribution in [0.3, 0.4) is 0 Å². The number of nitrogens with zero attached hydrogens (tertiary/aromatic N) is 2. The lowest BCUT2D eigenvalue weighted by Gasteiger charge is -1.88. The first kappa shape index (κ1) is 14.1. The second-order valence-corrected chi connectivity index (χ2v) is 3.82. The van der Waals surface area contributed by atoms with Crippen molar-refractivity contribution in [2.45, 2.75) is 0 Å². The van der Waals surface area contributed by atoms with Gasteiger partial charge in [0.15, 0.2) is 4.98 Å². The normalized spacial score (nSPS) is 9.80. The molecule has 0 spiro atoms. The molecular weight excluding hydrogens is 267 g/mol. The van der Waals surface area contributed by atoms with Crippen LogP contribution in [0.25, 0.3) is 4.98 Å². The second-order valence-electron chi connectivity index (χ2n) is 2.12. The molecule has 0 atom stereocenters. The highest BCUT2D eigenvalue weighted by molar-refractivity contribution is 7.79. The van der Waals surface area contributed by atoms with Crippen molar-refractivity contribution >= 4 is 39.3 Å². The molecule has 0 aliphatic rings. The first-order chi connectivity index (χ1) is 6.74.